The summed E-state index contributed by atoms with van der Waals surface area (Å²) in [6, 6.07) is 16.7. The van der Waals surface area contributed by atoms with Crippen LogP contribution in [0.5, 0.6) is 11.5 Å². The SMILES string of the molecule is Cc1c(F)cccc1C1C(C(=O)c2cccc(O)c2)CN(C(=O)CCCN2CCC2)CC1C(=O)c1cccc(O)c1. The molecular formula is C33H35FN2O5. The standard InChI is InChI=1S/C33H35FN2O5/c1-21-26(11-4-12-29(21)34)31-27(32(40)22-7-2-9-24(37)17-22)19-36(30(39)13-5-14-35-15-6-16-35)20-28(31)33(41)23-8-3-10-25(38)18-23/h2-4,7-12,17-18,27-28,31,37-38H,5-6,13-16,19-20H2,1H3. The van der Waals surface area contributed by atoms with E-state index in [1.54, 1.807) is 48.2 Å². The smallest absolute Gasteiger partial charge is 0.222 e. The quantitative estimate of drug-likeness (QED) is 0.361. The third-order valence-electron chi connectivity index (χ3n) is 8.47. The number of aromatic hydroxyl groups is 2. The molecule has 2 aliphatic rings. The van der Waals surface area contributed by atoms with E-state index in [0.29, 0.717) is 24.0 Å². The largest absolute Gasteiger partial charge is 0.508 e. The molecule has 0 aromatic heterocycles. The number of phenols is 2. The normalized spacial score (nSPS) is 20.8. The van der Waals surface area contributed by atoms with Crippen molar-refractivity contribution in [2.75, 3.05) is 32.7 Å². The summed E-state index contributed by atoms with van der Waals surface area (Å²) in [6.45, 7) is 4.66. The van der Waals surface area contributed by atoms with Crippen LogP contribution in [0.2, 0.25) is 0 Å². The number of likely N-dealkylation sites (tertiary alicyclic amines) is 2. The molecule has 2 heterocycles. The average Bonchev–Trinajstić information content (AvgIpc) is 2.94. The number of halogens is 1. The Bertz CT molecular complexity index is 1390. The van der Waals surface area contributed by atoms with Gasteiger partial charge in [-0.25, -0.2) is 4.39 Å². The van der Waals surface area contributed by atoms with Crippen molar-refractivity contribution in [1.29, 1.82) is 0 Å². The number of hydrogen-bond acceptors (Lipinski definition) is 6. The molecule has 2 saturated heterocycles. The van der Waals surface area contributed by atoms with Crippen LogP contribution in [-0.2, 0) is 4.79 Å². The fourth-order valence-electron chi connectivity index (χ4n) is 6.14. The molecule has 1 amide bonds. The molecule has 2 N–H and O–H groups in total. The van der Waals surface area contributed by atoms with Crippen LogP contribution in [0.3, 0.4) is 0 Å². The van der Waals surface area contributed by atoms with Gasteiger partial charge in [0, 0.05) is 48.4 Å². The summed E-state index contributed by atoms with van der Waals surface area (Å²) in [5.41, 5.74) is 1.38. The molecule has 7 nitrogen and oxygen atoms in total. The third-order valence-corrected chi connectivity index (χ3v) is 8.47. The minimum atomic E-state index is -0.864. The Labute approximate surface area is 239 Å². The molecule has 2 atom stereocenters. The first-order valence-corrected chi connectivity index (χ1v) is 14.1. The summed E-state index contributed by atoms with van der Waals surface area (Å²) in [4.78, 5) is 45.6. The molecule has 0 saturated carbocycles. The number of hydrogen-bond donors (Lipinski definition) is 2. The third kappa shape index (κ3) is 6.17. The minimum absolute atomic E-state index is 0.0709. The lowest BCUT2D eigenvalue weighted by molar-refractivity contribution is -0.133. The highest BCUT2D eigenvalue weighted by Gasteiger charge is 2.46. The van der Waals surface area contributed by atoms with Crippen molar-refractivity contribution in [1.82, 2.24) is 9.80 Å². The van der Waals surface area contributed by atoms with Crippen LogP contribution in [-0.4, -0.2) is 70.2 Å². The highest BCUT2D eigenvalue weighted by Crippen LogP contribution is 2.43. The predicted octanol–water partition coefficient (Wildman–Crippen LogP) is 4.96. The van der Waals surface area contributed by atoms with Crippen molar-refractivity contribution in [2.24, 2.45) is 11.8 Å². The number of benzene rings is 3. The highest BCUT2D eigenvalue weighted by molar-refractivity contribution is 6.03. The van der Waals surface area contributed by atoms with Gasteiger partial charge in [-0.3, -0.25) is 14.4 Å². The number of carbonyl (C=O) groups is 3. The summed E-state index contributed by atoms with van der Waals surface area (Å²) in [6.07, 6.45) is 2.14. The predicted molar refractivity (Wildman–Crippen MR) is 153 cm³/mol. The van der Waals surface area contributed by atoms with Crippen LogP contribution in [0.4, 0.5) is 4.39 Å². The Morgan fingerprint density at radius 2 is 1.41 bits per heavy atom. The fraction of sp³-hybridized carbons (Fsp3) is 0.364. The molecular weight excluding hydrogens is 523 g/mol. The Morgan fingerprint density at radius 3 is 1.93 bits per heavy atom. The molecule has 2 fully saturated rings. The zero-order valence-corrected chi connectivity index (χ0v) is 23.1. The maximum absolute atomic E-state index is 14.9. The van der Waals surface area contributed by atoms with Crippen molar-refractivity contribution in [3.8, 4) is 11.5 Å². The van der Waals surface area contributed by atoms with Gasteiger partial charge in [0.1, 0.15) is 17.3 Å². The number of ketones is 2. The van der Waals surface area contributed by atoms with E-state index in [-0.39, 0.29) is 53.2 Å². The molecule has 8 heteroatoms. The fourth-order valence-corrected chi connectivity index (χ4v) is 6.14. The Balaban J connectivity index is 1.56. The number of phenolic OH excluding ortho intramolecular Hbond substituents is 2. The van der Waals surface area contributed by atoms with E-state index in [1.165, 1.54) is 36.8 Å². The highest BCUT2D eigenvalue weighted by atomic mass is 19.1. The van der Waals surface area contributed by atoms with E-state index < -0.39 is 23.6 Å². The van der Waals surface area contributed by atoms with Crippen LogP contribution < -0.4 is 0 Å². The lowest BCUT2D eigenvalue weighted by Crippen LogP contribution is -2.52. The van der Waals surface area contributed by atoms with Crippen molar-refractivity contribution >= 4 is 17.5 Å². The van der Waals surface area contributed by atoms with E-state index in [1.807, 2.05) is 0 Å². The maximum Gasteiger partial charge on any atom is 0.222 e. The van der Waals surface area contributed by atoms with Crippen molar-refractivity contribution in [3.63, 3.8) is 0 Å². The molecule has 2 unspecified atom stereocenters. The summed E-state index contributed by atoms with van der Waals surface area (Å²) in [5, 5.41) is 20.2. The summed E-state index contributed by atoms with van der Waals surface area (Å²) in [5.74, 6) is -3.86. The molecule has 0 spiro atoms. The molecule has 0 bridgehead atoms. The maximum atomic E-state index is 14.9. The van der Waals surface area contributed by atoms with Gasteiger partial charge in [-0.1, -0.05) is 36.4 Å². The summed E-state index contributed by atoms with van der Waals surface area (Å²) in [7, 11) is 0. The van der Waals surface area contributed by atoms with Crippen LogP contribution in [0.15, 0.2) is 66.7 Å². The number of piperidine rings is 1. The van der Waals surface area contributed by atoms with E-state index >= 15 is 0 Å². The average molecular weight is 559 g/mol. The van der Waals surface area contributed by atoms with Gasteiger partial charge >= 0.3 is 0 Å². The molecule has 5 rings (SSSR count). The second kappa shape index (κ2) is 12.2. The monoisotopic (exact) mass is 558 g/mol. The molecule has 0 radical (unpaired) electrons. The van der Waals surface area contributed by atoms with E-state index in [0.717, 1.165) is 19.6 Å². The zero-order chi connectivity index (χ0) is 29.1. The lowest BCUT2D eigenvalue weighted by atomic mass is 9.67. The number of nitrogens with zero attached hydrogens (tertiary/aromatic N) is 2. The van der Waals surface area contributed by atoms with Gasteiger partial charge in [0.05, 0.1) is 0 Å². The van der Waals surface area contributed by atoms with E-state index in [4.69, 9.17) is 0 Å². The van der Waals surface area contributed by atoms with Crippen molar-refractivity contribution in [2.45, 2.75) is 32.1 Å². The molecule has 214 valence electrons. The van der Waals surface area contributed by atoms with E-state index in [2.05, 4.69) is 4.90 Å². The van der Waals surface area contributed by atoms with Crippen molar-refractivity contribution < 1.29 is 29.0 Å². The van der Waals surface area contributed by atoms with Gasteiger partial charge in [0.25, 0.3) is 0 Å². The van der Waals surface area contributed by atoms with Gasteiger partial charge in [-0.05, 0) is 80.9 Å². The Morgan fingerprint density at radius 1 is 0.854 bits per heavy atom. The molecule has 3 aromatic rings. The first-order valence-electron chi connectivity index (χ1n) is 14.1. The topological polar surface area (TPSA) is 98.2 Å². The van der Waals surface area contributed by atoms with Gasteiger partial charge in [0.15, 0.2) is 11.6 Å². The second-order valence-electron chi connectivity index (χ2n) is 11.1. The van der Waals surface area contributed by atoms with Crippen molar-refractivity contribution in [3.05, 3.63) is 94.8 Å². The molecule has 41 heavy (non-hydrogen) atoms. The summed E-state index contributed by atoms with van der Waals surface area (Å²) < 4.78 is 14.9. The van der Waals surface area contributed by atoms with Crippen LogP contribution in [0.1, 0.15) is 57.0 Å². The summed E-state index contributed by atoms with van der Waals surface area (Å²) >= 11 is 0. The van der Waals surface area contributed by atoms with E-state index in [9.17, 15) is 29.0 Å². The number of carbonyl (C=O) groups excluding carboxylic acids is 3. The van der Waals surface area contributed by atoms with Gasteiger partial charge < -0.3 is 20.0 Å². The second-order valence-corrected chi connectivity index (χ2v) is 11.1. The van der Waals surface area contributed by atoms with Gasteiger partial charge in [0.2, 0.25) is 5.91 Å². The van der Waals surface area contributed by atoms with Crippen LogP contribution in [0, 0.1) is 24.6 Å². The number of amides is 1. The van der Waals surface area contributed by atoms with Crippen LogP contribution >= 0.6 is 0 Å². The lowest BCUT2D eigenvalue weighted by Gasteiger charge is -2.43. The Hall–Kier alpha value is -4.04. The molecule has 2 aliphatic heterocycles. The van der Waals surface area contributed by atoms with Gasteiger partial charge in [-0.2, -0.15) is 0 Å². The minimum Gasteiger partial charge on any atom is -0.508 e. The molecule has 0 aliphatic carbocycles. The Kier molecular flexibility index (Phi) is 8.49. The number of Topliss-reactive ketones (excluding diaryl/α,β-unsaturated/α-hetero) is 2. The number of rotatable bonds is 9. The van der Waals surface area contributed by atoms with Gasteiger partial charge in [-0.15, -0.1) is 0 Å². The first kappa shape index (κ1) is 28.5. The zero-order valence-electron chi connectivity index (χ0n) is 23.1. The first-order chi connectivity index (χ1) is 19.7. The molecule has 3 aromatic carbocycles. The van der Waals surface area contributed by atoms with Crippen LogP contribution in [0.25, 0.3) is 0 Å².